The lowest BCUT2D eigenvalue weighted by molar-refractivity contribution is 0.164. The minimum Gasteiger partial charge on any atom is -0.313 e. The number of hydrogen-bond donors (Lipinski definition) is 1. The van der Waals surface area contributed by atoms with E-state index >= 15 is 0 Å². The fourth-order valence-corrected chi connectivity index (χ4v) is 1.62. The van der Waals surface area contributed by atoms with Crippen molar-refractivity contribution in [3.63, 3.8) is 0 Å². The second kappa shape index (κ2) is 4.55. The number of aromatic nitrogens is 2. The van der Waals surface area contributed by atoms with Crippen LogP contribution in [0.25, 0.3) is 0 Å². The highest BCUT2D eigenvalue weighted by molar-refractivity contribution is 5.20. The Morgan fingerprint density at radius 3 is 2.87 bits per heavy atom. The van der Waals surface area contributed by atoms with E-state index in [2.05, 4.69) is 9.97 Å². The minimum absolute atomic E-state index is 0.264. The van der Waals surface area contributed by atoms with Crippen LogP contribution in [0, 0.1) is 6.92 Å². The van der Waals surface area contributed by atoms with Gasteiger partial charge in [0.15, 0.2) is 5.67 Å². The van der Waals surface area contributed by atoms with Crippen LogP contribution in [0.15, 0.2) is 11.1 Å². The number of rotatable bonds is 4. The van der Waals surface area contributed by atoms with Gasteiger partial charge in [-0.05, 0) is 20.3 Å². The maximum atomic E-state index is 14.2. The predicted molar refractivity (Wildman–Crippen MR) is 57.6 cm³/mol. The highest BCUT2D eigenvalue weighted by Gasteiger charge is 2.29. The fourth-order valence-electron chi connectivity index (χ4n) is 1.62. The Hall–Kier alpha value is -1.19. The number of halogens is 1. The van der Waals surface area contributed by atoms with Gasteiger partial charge in [-0.1, -0.05) is 19.8 Å². The number of aromatic amines is 1. The van der Waals surface area contributed by atoms with E-state index in [-0.39, 0.29) is 11.3 Å². The molecule has 0 fully saturated rings. The Labute approximate surface area is 88.8 Å². The summed E-state index contributed by atoms with van der Waals surface area (Å²) in [5, 5.41) is 0. The molecule has 0 bridgehead atoms. The zero-order chi connectivity index (χ0) is 11.5. The van der Waals surface area contributed by atoms with Crippen molar-refractivity contribution in [3.05, 3.63) is 27.9 Å². The maximum absolute atomic E-state index is 14.2. The summed E-state index contributed by atoms with van der Waals surface area (Å²) in [5.41, 5.74) is -1.13. The van der Waals surface area contributed by atoms with Crippen LogP contribution in [-0.2, 0) is 5.67 Å². The first-order valence-corrected chi connectivity index (χ1v) is 5.22. The Morgan fingerprint density at radius 2 is 2.27 bits per heavy atom. The number of alkyl halides is 1. The molecule has 1 aromatic heterocycles. The van der Waals surface area contributed by atoms with E-state index in [4.69, 9.17) is 0 Å². The van der Waals surface area contributed by atoms with Crippen LogP contribution in [0.1, 0.15) is 44.4 Å². The van der Waals surface area contributed by atoms with Crippen LogP contribution in [0.4, 0.5) is 4.39 Å². The number of H-pyrrole nitrogens is 1. The number of hydrogen-bond acceptors (Lipinski definition) is 2. The van der Waals surface area contributed by atoms with Crippen LogP contribution >= 0.6 is 0 Å². The molecule has 0 radical (unpaired) electrons. The summed E-state index contributed by atoms with van der Waals surface area (Å²) in [7, 11) is 0. The Balaban J connectivity index is 3.04. The molecule has 1 unspecified atom stereocenters. The Bertz CT molecular complexity index is 384. The summed E-state index contributed by atoms with van der Waals surface area (Å²) in [4.78, 5) is 17.7. The van der Waals surface area contributed by atoms with Crippen LogP contribution < -0.4 is 5.56 Å². The average molecular weight is 212 g/mol. The molecular weight excluding hydrogens is 195 g/mol. The SMILES string of the molecule is CCCCC(C)(F)c1nc[nH]c(=O)c1C. The highest BCUT2D eigenvalue weighted by Crippen LogP contribution is 2.30. The van der Waals surface area contributed by atoms with Crippen LogP contribution in [-0.4, -0.2) is 9.97 Å². The van der Waals surface area contributed by atoms with Gasteiger partial charge in [-0.3, -0.25) is 4.79 Å². The molecule has 0 saturated heterocycles. The van der Waals surface area contributed by atoms with Crippen LogP contribution in [0.2, 0.25) is 0 Å². The quantitative estimate of drug-likeness (QED) is 0.833. The molecule has 0 saturated carbocycles. The first kappa shape index (κ1) is 11.9. The number of nitrogens with zero attached hydrogens (tertiary/aromatic N) is 1. The molecule has 1 aromatic rings. The molecule has 1 N–H and O–H groups in total. The third kappa shape index (κ3) is 2.64. The summed E-state index contributed by atoms with van der Waals surface area (Å²) in [5.74, 6) is 0. The fraction of sp³-hybridized carbons (Fsp3) is 0.636. The highest BCUT2D eigenvalue weighted by atomic mass is 19.1. The van der Waals surface area contributed by atoms with Gasteiger partial charge in [0.1, 0.15) is 0 Å². The molecular formula is C11H17FN2O. The van der Waals surface area contributed by atoms with Crippen molar-refractivity contribution in [1.82, 2.24) is 9.97 Å². The van der Waals surface area contributed by atoms with E-state index in [1.54, 1.807) is 6.92 Å². The minimum atomic E-state index is -1.51. The van der Waals surface area contributed by atoms with E-state index in [1.165, 1.54) is 13.3 Å². The average Bonchev–Trinajstić information content (AvgIpc) is 2.19. The van der Waals surface area contributed by atoms with Crippen LogP contribution in [0.3, 0.4) is 0 Å². The van der Waals surface area contributed by atoms with Crippen LogP contribution in [0.5, 0.6) is 0 Å². The van der Waals surface area contributed by atoms with Gasteiger partial charge in [0.2, 0.25) is 0 Å². The lowest BCUT2D eigenvalue weighted by atomic mass is 9.94. The van der Waals surface area contributed by atoms with Gasteiger partial charge >= 0.3 is 0 Å². The van der Waals surface area contributed by atoms with E-state index in [0.29, 0.717) is 12.0 Å². The van der Waals surface area contributed by atoms with E-state index < -0.39 is 5.67 Å². The topological polar surface area (TPSA) is 45.8 Å². The molecule has 4 heteroatoms. The third-order valence-corrected chi connectivity index (χ3v) is 2.58. The molecule has 0 aliphatic heterocycles. The molecule has 0 amide bonds. The lowest BCUT2D eigenvalue weighted by Crippen LogP contribution is -2.24. The van der Waals surface area contributed by atoms with Gasteiger partial charge in [0, 0.05) is 5.56 Å². The molecule has 1 atom stereocenters. The third-order valence-electron chi connectivity index (χ3n) is 2.58. The molecule has 1 heterocycles. The second-order valence-corrected chi connectivity index (χ2v) is 4.01. The zero-order valence-electron chi connectivity index (χ0n) is 9.43. The predicted octanol–water partition coefficient (Wildman–Crippen LogP) is 2.45. The summed E-state index contributed by atoms with van der Waals surface area (Å²) >= 11 is 0. The Morgan fingerprint density at radius 1 is 1.60 bits per heavy atom. The van der Waals surface area contributed by atoms with E-state index in [9.17, 15) is 9.18 Å². The largest absolute Gasteiger partial charge is 0.313 e. The number of unbranched alkanes of at least 4 members (excludes halogenated alkanes) is 1. The molecule has 0 aliphatic rings. The summed E-state index contributed by atoms with van der Waals surface area (Å²) < 4.78 is 14.2. The van der Waals surface area contributed by atoms with Crippen molar-refractivity contribution in [2.45, 2.75) is 45.7 Å². The van der Waals surface area contributed by atoms with E-state index in [1.807, 2.05) is 6.92 Å². The maximum Gasteiger partial charge on any atom is 0.253 e. The molecule has 0 aliphatic carbocycles. The van der Waals surface area contributed by atoms with E-state index in [0.717, 1.165) is 12.8 Å². The van der Waals surface area contributed by atoms with Gasteiger partial charge in [-0.2, -0.15) is 0 Å². The summed E-state index contributed by atoms with van der Waals surface area (Å²) in [6.07, 6.45) is 3.39. The van der Waals surface area contributed by atoms with Gasteiger partial charge in [0.05, 0.1) is 12.0 Å². The van der Waals surface area contributed by atoms with Crippen molar-refractivity contribution >= 4 is 0 Å². The number of nitrogens with one attached hydrogen (secondary N) is 1. The molecule has 1 rings (SSSR count). The first-order valence-electron chi connectivity index (χ1n) is 5.22. The molecule has 3 nitrogen and oxygen atoms in total. The summed E-state index contributed by atoms with van der Waals surface area (Å²) in [6.45, 7) is 5.09. The Kier molecular flexibility index (Phi) is 3.61. The monoisotopic (exact) mass is 212 g/mol. The van der Waals surface area contributed by atoms with Gasteiger partial charge in [0.25, 0.3) is 5.56 Å². The molecule has 15 heavy (non-hydrogen) atoms. The van der Waals surface area contributed by atoms with Gasteiger partial charge in [-0.15, -0.1) is 0 Å². The smallest absolute Gasteiger partial charge is 0.253 e. The van der Waals surface area contributed by atoms with Crippen molar-refractivity contribution in [2.75, 3.05) is 0 Å². The molecule has 84 valence electrons. The van der Waals surface area contributed by atoms with Crippen molar-refractivity contribution in [2.24, 2.45) is 0 Å². The van der Waals surface area contributed by atoms with Gasteiger partial charge < -0.3 is 4.98 Å². The molecule has 0 aromatic carbocycles. The normalized spacial score (nSPS) is 14.9. The first-order chi connectivity index (χ1) is 6.99. The zero-order valence-corrected chi connectivity index (χ0v) is 9.43. The van der Waals surface area contributed by atoms with Crippen molar-refractivity contribution in [1.29, 1.82) is 0 Å². The second-order valence-electron chi connectivity index (χ2n) is 4.01. The van der Waals surface area contributed by atoms with Crippen molar-refractivity contribution in [3.8, 4) is 0 Å². The van der Waals surface area contributed by atoms with Gasteiger partial charge in [-0.25, -0.2) is 9.37 Å². The molecule has 0 spiro atoms. The standard InChI is InChI=1S/C11H17FN2O/c1-4-5-6-11(3,12)9-8(2)10(15)14-7-13-9/h7H,4-6H2,1-3H3,(H,13,14,15). The lowest BCUT2D eigenvalue weighted by Gasteiger charge is -2.20. The summed E-state index contributed by atoms with van der Waals surface area (Å²) in [6, 6.07) is 0. The van der Waals surface area contributed by atoms with Crippen molar-refractivity contribution < 1.29 is 4.39 Å².